The van der Waals surface area contributed by atoms with Crippen molar-refractivity contribution in [2.24, 2.45) is 35.0 Å². The molecule has 0 aromatic rings. The summed E-state index contributed by atoms with van der Waals surface area (Å²) in [6, 6.07) is 0. The minimum Gasteiger partial charge on any atom is -0.473 e. The second-order valence-corrected chi connectivity index (χ2v) is 9.96. The predicted molar refractivity (Wildman–Crippen MR) is 91.9 cm³/mol. The van der Waals surface area contributed by atoms with E-state index in [1.54, 1.807) is 0 Å². The van der Waals surface area contributed by atoms with Crippen LogP contribution in [-0.2, 0) is 0 Å². The third-order valence-electron chi connectivity index (χ3n) is 8.14. The summed E-state index contributed by atoms with van der Waals surface area (Å²) < 4.78 is 0. The zero-order valence-corrected chi connectivity index (χ0v) is 15.1. The van der Waals surface area contributed by atoms with Crippen molar-refractivity contribution >= 4 is 0 Å². The lowest BCUT2D eigenvalue weighted by atomic mass is 9.45. The fraction of sp³-hybridized carbons (Fsp3) is 0.857. The third-order valence-corrected chi connectivity index (χ3v) is 8.14. The molecule has 124 valence electrons. The number of nitrogens with two attached hydrogens (primary N) is 1. The van der Waals surface area contributed by atoms with Gasteiger partial charge >= 0.3 is 0 Å². The summed E-state index contributed by atoms with van der Waals surface area (Å²) in [5, 5.41) is 2.41. The van der Waals surface area contributed by atoms with E-state index in [1.165, 1.54) is 44.9 Å². The molecule has 0 aromatic heterocycles. The van der Waals surface area contributed by atoms with Crippen LogP contribution in [0.3, 0.4) is 0 Å². The highest BCUT2D eigenvalue weighted by atomic mass is 15.0. The van der Waals surface area contributed by atoms with Crippen LogP contribution in [0.4, 0.5) is 0 Å². The Morgan fingerprint density at radius 3 is 2.64 bits per heavy atom. The maximum Gasteiger partial charge on any atom is 0.0818 e. The third kappa shape index (κ3) is 1.93. The highest BCUT2D eigenvalue weighted by Crippen LogP contribution is 2.62. The van der Waals surface area contributed by atoms with Crippen molar-refractivity contribution in [1.82, 2.24) is 0 Å². The van der Waals surface area contributed by atoms with Crippen molar-refractivity contribution in [1.29, 1.82) is 0 Å². The van der Waals surface area contributed by atoms with Crippen molar-refractivity contribution in [3.8, 4) is 0 Å². The van der Waals surface area contributed by atoms with Crippen molar-refractivity contribution in [2.75, 3.05) is 0 Å². The largest absolute Gasteiger partial charge is 0.473 e. The first-order valence-electron chi connectivity index (χ1n) is 9.73. The lowest BCUT2D eigenvalue weighted by molar-refractivity contribution is -0.700. The fourth-order valence-corrected chi connectivity index (χ4v) is 7.25. The molecule has 2 saturated carbocycles. The average Bonchev–Trinajstić information content (AvgIpc) is 2.45. The molecule has 22 heavy (non-hydrogen) atoms. The molecule has 4 aliphatic carbocycles. The second-order valence-electron chi connectivity index (χ2n) is 9.96. The van der Waals surface area contributed by atoms with E-state index >= 15 is 0 Å². The summed E-state index contributed by atoms with van der Waals surface area (Å²) in [6.07, 6.45) is 9.93. The zero-order chi connectivity index (χ0) is 15.7. The van der Waals surface area contributed by atoms with Gasteiger partial charge in [0.1, 0.15) is 0 Å². The maximum atomic E-state index is 4.36. The molecular formula is C21H35N. The topological polar surface area (TPSA) is 16.6 Å². The van der Waals surface area contributed by atoms with Gasteiger partial charge in [0.15, 0.2) is 0 Å². The van der Waals surface area contributed by atoms with Gasteiger partial charge in [-0.25, -0.2) is 0 Å². The molecule has 4 rings (SSSR count). The number of allylic oxidation sites excluding steroid dienone is 1. The van der Waals surface area contributed by atoms with Crippen molar-refractivity contribution in [3.05, 3.63) is 18.2 Å². The SMILES string of the molecule is [CH2-][NH2+]C12CCC3CC(C)(C)CC4=C3C1C(CCC2C)C(C)C4. The van der Waals surface area contributed by atoms with Crippen LogP contribution in [0.15, 0.2) is 11.1 Å². The lowest BCUT2D eigenvalue weighted by Gasteiger charge is -2.62. The van der Waals surface area contributed by atoms with Gasteiger partial charge in [0.2, 0.25) is 0 Å². The monoisotopic (exact) mass is 301 g/mol. The summed E-state index contributed by atoms with van der Waals surface area (Å²) in [7, 11) is 4.36. The highest BCUT2D eigenvalue weighted by Gasteiger charge is 2.59. The minimum absolute atomic E-state index is 0.427. The van der Waals surface area contributed by atoms with E-state index < -0.39 is 0 Å². The Bertz CT molecular complexity index is 502. The van der Waals surface area contributed by atoms with Crippen LogP contribution in [0.1, 0.15) is 72.6 Å². The van der Waals surface area contributed by atoms with Crippen LogP contribution in [0, 0.1) is 42.1 Å². The Morgan fingerprint density at radius 2 is 1.91 bits per heavy atom. The van der Waals surface area contributed by atoms with Gasteiger partial charge in [0.25, 0.3) is 0 Å². The molecule has 6 atom stereocenters. The number of hydrogen-bond donors (Lipinski definition) is 1. The number of rotatable bonds is 1. The van der Waals surface area contributed by atoms with Gasteiger partial charge in [0, 0.05) is 18.3 Å². The van der Waals surface area contributed by atoms with Crippen LogP contribution < -0.4 is 5.32 Å². The molecule has 1 nitrogen and oxygen atoms in total. The van der Waals surface area contributed by atoms with Gasteiger partial charge in [-0.2, -0.15) is 7.05 Å². The zero-order valence-electron chi connectivity index (χ0n) is 15.1. The minimum atomic E-state index is 0.427. The summed E-state index contributed by atoms with van der Waals surface area (Å²) in [6.45, 7) is 10.1. The van der Waals surface area contributed by atoms with Crippen LogP contribution in [-0.4, -0.2) is 5.54 Å². The van der Waals surface area contributed by atoms with Crippen molar-refractivity contribution in [2.45, 2.75) is 78.2 Å². The molecule has 1 heteroatoms. The van der Waals surface area contributed by atoms with E-state index in [0.717, 1.165) is 29.6 Å². The van der Waals surface area contributed by atoms with Crippen LogP contribution >= 0.6 is 0 Å². The van der Waals surface area contributed by atoms with Crippen LogP contribution in [0.5, 0.6) is 0 Å². The van der Waals surface area contributed by atoms with Gasteiger partial charge in [-0.3, -0.25) is 0 Å². The summed E-state index contributed by atoms with van der Waals surface area (Å²) in [4.78, 5) is 0. The molecule has 0 saturated heterocycles. The summed E-state index contributed by atoms with van der Waals surface area (Å²) >= 11 is 0. The Hall–Kier alpha value is -0.300. The van der Waals surface area contributed by atoms with E-state index in [4.69, 9.17) is 0 Å². The molecule has 0 spiro atoms. The van der Waals surface area contributed by atoms with E-state index in [2.05, 4.69) is 40.1 Å². The van der Waals surface area contributed by atoms with Gasteiger partial charge in [-0.1, -0.05) is 38.8 Å². The Labute approximate surface area is 137 Å². The number of hydrogen-bond acceptors (Lipinski definition) is 0. The Kier molecular flexibility index (Phi) is 3.36. The maximum absolute atomic E-state index is 4.36. The van der Waals surface area contributed by atoms with E-state index in [-0.39, 0.29) is 0 Å². The smallest absolute Gasteiger partial charge is 0.0818 e. The summed E-state index contributed by atoms with van der Waals surface area (Å²) in [5.74, 6) is 4.42. The van der Waals surface area contributed by atoms with Gasteiger partial charge in [0.05, 0.1) is 5.54 Å². The van der Waals surface area contributed by atoms with Gasteiger partial charge in [-0.15, -0.1) is 0 Å². The standard InChI is InChI=1S/C21H35N/c1-13-10-16-12-20(3,4)11-15-8-9-21(22-5)14(2)6-7-17(13)19(21)18(15)16/h13-15,17,19H,5-12,22H2,1-4H3. The fourth-order valence-electron chi connectivity index (χ4n) is 7.25. The molecular weight excluding hydrogens is 266 g/mol. The van der Waals surface area contributed by atoms with E-state index in [9.17, 15) is 0 Å². The molecule has 2 N–H and O–H groups in total. The Morgan fingerprint density at radius 1 is 1.14 bits per heavy atom. The highest BCUT2D eigenvalue weighted by molar-refractivity contribution is 5.34. The quantitative estimate of drug-likeness (QED) is 0.549. The molecule has 0 radical (unpaired) electrons. The van der Waals surface area contributed by atoms with E-state index in [1.807, 2.05) is 11.1 Å². The van der Waals surface area contributed by atoms with Crippen LogP contribution in [0.25, 0.3) is 0 Å². The number of quaternary nitrogens is 1. The molecule has 0 heterocycles. The molecule has 0 amide bonds. The lowest BCUT2D eigenvalue weighted by Crippen LogP contribution is -2.97. The molecule has 0 aromatic carbocycles. The molecule has 2 fully saturated rings. The molecule has 0 bridgehead atoms. The van der Waals surface area contributed by atoms with Crippen LogP contribution in [0.2, 0.25) is 0 Å². The second kappa shape index (κ2) is 4.85. The average molecular weight is 302 g/mol. The van der Waals surface area contributed by atoms with Crippen molar-refractivity contribution < 1.29 is 5.32 Å². The molecule has 6 unspecified atom stereocenters. The Balaban J connectivity index is 1.85. The summed E-state index contributed by atoms with van der Waals surface area (Å²) in [5.41, 5.74) is 4.80. The predicted octanol–water partition coefficient (Wildman–Crippen LogP) is 4.31. The van der Waals surface area contributed by atoms with E-state index in [0.29, 0.717) is 11.0 Å². The molecule has 0 aliphatic heterocycles. The first-order valence-corrected chi connectivity index (χ1v) is 9.73. The van der Waals surface area contributed by atoms with Gasteiger partial charge < -0.3 is 5.32 Å². The first kappa shape index (κ1) is 15.2. The molecule has 4 aliphatic rings. The van der Waals surface area contributed by atoms with Crippen molar-refractivity contribution in [3.63, 3.8) is 0 Å². The normalized spacial score (nSPS) is 49.8. The van der Waals surface area contributed by atoms with Gasteiger partial charge in [-0.05, 0) is 61.7 Å². The first-order chi connectivity index (χ1) is 10.4.